The molecule has 0 saturated carbocycles. The Hall–Kier alpha value is -1.91. The van der Waals surface area contributed by atoms with E-state index in [4.69, 9.17) is 0 Å². The molecular formula is C20H12F6OS3. The molecule has 0 radical (unpaired) electrons. The molecule has 0 N–H and O–H groups in total. The molecule has 0 amide bonds. The Labute approximate surface area is 179 Å². The van der Waals surface area contributed by atoms with Crippen molar-refractivity contribution in [2.75, 3.05) is 0 Å². The molecule has 10 heteroatoms. The molecule has 0 aliphatic heterocycles. The van der Waals surface area contributed by atoms with Crippen molar-refractivity contribution < 1.29 is 31.1 Å². The predicted octanol–water partition coefficient (Wildman–Crippen LogP) is 8.10. The summed E-state index contributed by atoms with van der Waals surface area (Å²) in [7, 11) is 0. The third kappa shape index (κ3) is 2.84. The van der Waals surface area contributed by atoms with Crippen LogP contribution in [0.2, 0.25) is 0 Å². The monoisotopic (exact) mass is 478 g/mol. The van der Waals surface area contributed by atoms with Crippen molar-refractivity contribution in [1.29, 1.82) is 0 Å². The van der Waals surface area contributed by atoms with Gasteiger partial charge in [-0.3, -0.25) is 4.79 Å². The fourth-order valence-corrected chi connectivity index (χ4v) is 6.39. The second-order valence-electron chi connectivity index (χ2n) is 6.58. The summed E-state index contributed by atoms with van der Waals surface area (Å²) in [4.78, 5) is 13.1. The fourth-order valence-electron chi connectivity index (χ4n) is 3.46. The first-order valence-corrected chi connectivity index (χ1v) is 11.2. The van der Waals surface area contributed by atoms with E-state index in [0.29, 0.717) is 25.8 Å². The fraction of sp³-hybridized carbons (Fsp3) is 0.250. The molecule has 1 aliphatic carbocycles. The van der Waals surface area contributed by atoms with Crippen LogP contribution in [0, 0.1) is 0 Å². The normalized spacial score (nSPS) is 19.4. The van der Waals surface area contributed by atoms with Gasteiger partial charge in [0, 0.05) is 31.3 Å². The Kier molecular flexibility index (Phi) is 5.02. The number of aldehydes is 1. The first kappa shape index (κ1) is 21.3. The summed E-state index contributed by atoms with van der Waals surface area (Å²) in [6, 6.07) is 7.67. The van der Waals surface area contributed by atoms with Gasteiger partial charge in [0.2, 0.25) is 0 Å². The van der Waals surface area contributed by atoms with Gasteiger partial charge in [-0.2, -0.15) is 26.3 Å². The summed E-state index contributed by atoms with van der Waals surface area (Å²) in [5.41, 5.74) is -2.88. The van der Waals surface area contributed by atoms with Crippen LogP contribution in [0.4, 0.5) is 26.3 Å². The maximum atomic E-state index is 14.8. The van der Waals surface area contributed by atoms with E-state index in [1.807, 2.05) is 0 Å². The average molecular weight is 479 g/mol. The lowest BCUT2D eigenvalue weighted by Gasteiger charge is -2.25. The maximum Gasteiger partial charge on any atom is 0.380 e. The molecule has 4 rings (SSSR count). The molecule has 158 valence electrons. The smallest absolute Gasteiger partial charge is 0.297 e. The van der Waals surface area contributed by atoms with Gasteiger partial charge in [0.25, 0.3) is 0 Å². The first-order chi connectivity index (χ1) is 14.1. The Morgan fingerprint density at radius 3 is 2.23 bits per heavy atom. The van der Waals surface area contributed by atoms with E-state index in [2.05, 4.69) is 0 Å². The number of carbonyl (C=O) groups excluding carboxylic acids is 1. The van der Waals surface area contributed by atoms with Crippen LogP contribution in [0.3, 0.4) is 0 Å². The van der Waals surface area contributed by atoms with E-state index in [1.54, 1.807) is 29.6 Å². The molecule has 0 bridgehead atoms. The molecule has 3 heterocycles. The number of allylic oxidation sites excluding steroid dienone is 2. The number of carbonyl (C=O) groups is 1. The van der Waals surface area contributed by atoms with E-state index in [0.717, 1.165) is 29.6 Å². The minimum Gasteiger partial charge on any atom is -0.297 e. The van der Waals surface area contributed by atoms with Crippen molar-refractivity contribution in [3.8, 4) is 19.5 Å². The molecular weight excluding hydrogens is 466 g/mol. The van der Waals surface area contributed by atoms with Crippen molar-refractivity contribution in [3.05, 3.63) is 51.7 Å². The van der Waals surface area contributed by atoms with E-state index in [-0.39, 0.29) is 10.4 Å². The lowest BCUT2D eigenvalue weighted by Crippen LogP contribution is -2.49. The van der Waals surface area contributed by atoms with Crippen LogP contribution >= 0.6 is 34.0 Å². The van der Waals surface area contributed by atoms with Gasteiger partial charge in [-0.15, -0.1) is 34.0 Å². The zero-order valence-corrected chi connectivity index (χ0v) is 17.6. The van der Waals surface area contributed by atoms with Crippen molar-refractivity contribution in [2.45, 2.75) is 31.1 Å². The van der Waals surface area contributed by atoms with Gasteiger partial charge in [0.1, 0.15) is 0 Å². The highest BCUT2D eigenvalue weighted by molar-refractivity contribution is 7.26. The van der Waals surface area contributed by atoms with Crippen molar-refractivity contribution >= 4 is 45.9 Å². The highest BCUT2D eigenvalue weighted by Gasteiger charge is 2.79. The average Bonchev–Trinajstić information content (AvgIpc) is 3.45. The largest absolute Gasteiger partial charge is 0.380 e. The molecule has 0 unspecified atom stereocenters. The van der Waals surface area contributed by atoms with Crippen LogP contribution < -0.4 is 0 Å². The van der Waals surface area contributed by atoms with Gasteiger partial charge in [0.05, 0.1) is 9.75 Å². The molecule has 0 saturated heterocycles. The summed E-state index contributed by atoms with van der Waals surface area (Å²) in [6.07, 6.45) is -0.0102. The quantitative estimate of drug-likeness (QED) is 0.267. The summed E-state index contributed by atoms with van der Waals surface area (Å²) in [5, 5.41) is 1.68. The predicted molar refractivity (Wildman–Crippen MR) is 108 cm³/mol. The summed E-state index contributed by atoms with van der Waals surface area (Å²) < 4.78 is 86.6. The minimum absolute atomic E-state index is 0.218. The lowest BCUT2D eigenvalue weighted by atomic mass is 9.97. The minimum atomic E-state index is -5.52. The molecule has 1 nitrogen and oxygen atoms in total. The second-order valence-corrected chi connectivity index (χ2v) is 9.70. The van der Waals surface area contributed by atoms with Crippen LogP contribution in [-0.4, -0.2) is 24.1 Å². The zero-order valence-electron chi connectivity index (χ0n) is 15.1. The van der Waals surface area contributed by atoms with Crippen LogP contribution in [0.1, 0.15) is 28.6 Å². The molecule has 3 aromatic heterocycles. The molecule has 0 atom stereocenters. The SMILES string of the molecule is CCC1=C(c2cc(-c3ccc(C=O)s3)sc2-c2cccs2)C(F)(F)C(F)(F)C1(F)F. The van der Waals surface area contributed by atoms with Crippen LogP contribution in [0.25, 0.3) is 25.1 Å². The van der Waals surface area contributed by atoms with E-state index >= 15 is 0 Å². The highest BCUT2D eigenvalue weighted by atomic mass is 32.1. The number of rotatable bonds is 5. The summed E-state index contributed by atoms with van der Waals surface area (Å²) in [6.45, 7) is 1.16. The van der Waals surface area contributed by atoms with E-state index in [9.17, 15) is 31.1 Å². The molecule has 3 aromatic rings. The molecule has 1 aliphatic rings. The Balaban J connectivity index is 2.01. The van der Waals surface area contributed by atoms with Crippen LogP contribution in [0.15, 0.2) is 41.3 Å². The lowest BCUT2D eigenvalue weighted by molar-refractivity contribution is -0.260. The number of alkyl halides is 6. The van der Waals surface area contributed by atoms with Gasteiger partial charge in [-0.1, -0.05) is 13.0 Å². The third-order valence-corrected chi connectivity index (χ3v) is 8.26. The maximum absolute atomic E-state index is 14.8. The second kappa shape index (κ2) is 7.06. The van der Waals surface area contributed by atoms with Gasteiger partial charge in [0.15, 0.2) is 6.29 Å². The zero-order chi connectivity index (χ0) is 21.9. The summed E-state index contributed by atoms with van der Waals surface area (Å²) in [5.74, 6) is -15.5. The third-order valence-electron chi connectivity index (χ3n) is 4.87. The molecule has 0 fully saturated rings. The van der Waals surface area contributed by atoms with E-state index < -0.39 is 35.3 Å². The van der Waals surface area contributed by atoms with Gasteiger partial charge >= 0.3 is 17.8 Å². The molecule has 0 spiro atoms. The van der Waals surface area contributed by atoms with Crippen molar-refractivity contribution in [3.63, 3.8) is 0 Å². The van der Waals surface area contributed by atoms with E-state index in [1.165, 1.54) is 17.4 Å². The number of hydrogen-bond donors (Lipinski definition) is 0. The number of halogens is 6. The Morgan fingerprint density at radius 1 is 0.933 bits per heavy atom. The molecule has 30 heavy (non-hydrogen) atoms. The highest BCUT2D eigenvalue weighted by Crippen LogP contribution is 2.64. The standard InChI is InChI=1S/C20H12F6OS3/c1-2-12-16(19(23,24)20(25,26)18(12,21)22)11-8-15(13-6-5-10(9-27)29-13)30-17(11)14-4-3-7-28-14/h3-9H,2H2,1H3. The first-order valence-electron chi connectivity index (χ1n) is 8.67. The van der Waals surface area contributed by atoms with Gasteiger partial charge in [-0.05, 0) is 36.1 Å². The van der Waals surface area contributed by atoms with Crippen molar-refractivity contribution in [1.82, 2.24) is 0 Å². The van der Waals surface area contributed by atoms with Crippen LogP contribution in [0.5, 0.6) is 0 Å². The summed E-state index contributed by atoms with van der Waals surface area (Å²) >= 11 is 3.33. The van der Waals surface area contributed by atoms with Crippen LogP contribution in [-0.2, 0) is 0 Å². The topological polar surface area (TPSA) is 17.1 Å². The van der Waals surface area contributed by atoms with Crippen molar-refractivity contribution in [2.24, 2.45) is 0 Å². The Bertz CT molecular complexity index is 1140. The van der Waals surface area contributed by atoms with Gasteiger partial charge < -0.3 is 0 Å². The number of thiophene rings is 3. The number of hydrogen-bond acceptors (Lipinski definition) is 4. The Morgan fingerprint density at radius 2 is 1.67 bits per heavy atom. The molecule has 0 aromatic carbocycles. The van der Waals surface area contributed by atoms with Gasteiger partial charge in [-0.25, -0.2) is 0 Å².